The van der Waals surface area contributed by atoms with Gasteiger partial charge in [0.2, 0.25) is 5.88 Å². The summed E-state index contributed by atoms with van der Waals surface area (Å²) in [6.45, 7) is 1.92. The Bertz CT molecular complexity index is 644. The predicted octanol–water partition coefficient (Wildman–Crippen LogP) is 2.61. The highest BCUT2D eigenvalue weighted by Gasteiger charge is 2.37. The van der Waals surface area contributed by atoms with Crippen molar-refractivity contribution in [3.05, 3.63) is 45.2 Å². The first-order valence-corrected chi connectivity index (χ1v) is 7.62. The molecule has 1 unspecified atom stereocenters. The van der Waals surface area contributed by atoms with Crippen LogP contribution in [0.5, 0.6) is 0 Å². The number of hydrogen-bond donors (Lipinski definition) is 1. The number of carbonyl (C=O) groups is 1. The maximum atomic E-state index is 12.3. The summed E-state index contributed by atoms with van der Waals surface area (Å²) < 4.78 is 10.4. The number of nitriles is 1. The number of halogens is 1. The molecule has 5 nitrogen and oxygen atoms in total. The van der Waals surface area contributed by atoms with Gasteiger partial charge in [0.05, 0.1) is 24.0 Å². The van der Waals surface area contributed by atoms with E-state index in [9.17, 15) is 10.1 Å². The minimum absolute atomic E-state index is 0.0281. The molecule has 0 saturated heterocycles. The van der Waals surface area contributed by atoms with Gasteiger partial charge in [-0.1, -0.05) is 6.07 Å². The lowest BCUT2D eigenvalue weighted by Crippen LogP contribution is -2.26. The van der Waals surface area contributed by atoms with Gasteiger partial charge in [0.15, 0.2) is 0 Å². The fraction of sp³-hybridized carbons (Fsp3) is 0.286. The van der Waals surface area contributed by atoms with E-state index in [1.807, 2.05) is 23.6 Å². The maximum Gasteiger partial charge on any atom is 0.338 e. The Kier molecular flexibility index (Phi) is 4.89. The van der Waals surface area contributed by atoms with Crippen LogP contribution in [0.2, 0.25) is 0 Å². The lowest BCUT2D eigenvalue weighted by atomic mass is 9.87. The third-order valence-corrected chi connectivity index (χ3v) is 4.12. The van der Waals surface area contributed by atoms with Crippen molar-refractivity contribution in [2.24, 2.45) is 5.73 Å². The largest absolute Gasteiger partial charge is 0.463 e. The Hall–Kier alpha value is -1.97. The van der Waals surface area contributed by atoms with Gasteiger partial charge in [-0.3, -0.25) is 0 Å². The number of ether oxygens (including phenoxy) is 2. The van der Waals surface area contributed by atoms with Crippen LogP contribution >= 0.6 is 22.9 Å². The van der Waals surface area contributed by atoms with E-state index >= 15 is 0 Å². The second-order valence-electron chi connectivity index (χ2n) is 4.13. The van der Waals surface area contributed by atoms with Crippen molar-refractivity contribution in [1.82, 2.24) is 0 Å². The van der Waals surface area contributed by atoms with E-state index < -0.39 is 11.9 Å². The number of nitrogens with two attached hydrogens (primary N) is 1. The second-order valence-corrected chi connectivity index (χ2v) is 5.38. The van der Waals surface area contributed by atoms with Gasteiger partial charge in [-0.25, -0.2) is 4.79 Å². The van der Waals surface area contributed by atoms with E-state index in [-0.39, 0.29) is 35.3 Å². The zero-order valence-electron chi connectivity index (χ0n) is 11.3. The number of nitrogens with zero attached hydrogens (tertiary/aromatic N) is 1. The average Bonchev–Trinajstić information content (AvgIpc) is 2.99. The Morgan fingerprint density at radius 3 is 2.95 bits per heavy atom. The number of esters is 1. The van der Waals surface area contributed by atoms with Crippen molar-refractivity contribution < 1.29 is 14.3 Å². The molecule has 2 rings (SSSR count). The van der Waals surface area contributed by atoms with Crippen molar-refractivity contribution in [1.29, 1.82) is 5.26 Å². The predicted molar refractivity (Wildman–Crippen MR) is 79.4 cm³/mol. The van der Waals surface area contributed by atoms with Gasteiger partial charge < -0.3 is 15.2 Å². The van der Waals surface area contributed by atoms with Crippen molar-refractivity contribution >= 4 is 28.9 Å². The summed E-state index contributed by atoms with van der Waals surface area (Å²) in [6, 6.07) is 5.68. The number of hydrogen-bond acceptors (Lipinski definition) is 6. The molecule has 7 heteroatoms. The van der Waals surface area contributed by atoms with Crippen LogP contribution in [-0.4, -0.2) is 18.5 Å². The van der Waals surface area contributed by atoms with Gasteiger partial charge in [-0.15, -0.1) is 22.9 Å². The highest BCUT2D eigenvalue weighted by molar-refractivity contribution is 7.10. The highest BCUT2D eigenvalue weighted by atomic mass is 35.5. The number of alkyl halides is 1. The summed E-state index contributed by atoms with van der Waals surface area (Å²) in [4.78, 5) is 13.1. The molecular formula is C14H13ClN2O3S. The minimum Gasteiger partial charge on any atom is -0.463 e. The smallest absolute Gasteiger partial charge is 0.338 e. The molecule has 1 aromatic rings. The van der Waals surface area contributed by atoms with Crippen molar-refractivity contribution in [2.75, 3.05) is 12.5 Å². The van der Waals surface area contributed by atoms with Gasteiger partial charge in [-0.2, -0.15) is 5.26 Å². The second kappa shape index (κ2) is 6.66. The molecule has 0 amide bonds. The Morgan fingerprint density at radius 1 is 1.67 bits per heavy atom. The van der Waals surface area contributed by atoms with E-state index in [2.05, 4.69) is 0 Å². The highest BCUT2D eigenvalue weighted by Crippen LogP contribution is 2.41. The van der Waals surface area contributed by atoms with Crippen LogP contribution in [0, 0.1) is 11.3 Å². The van der Waals surface area contributed by atoms with Crippen LogP contribution in [0.3, 0.4) is 0 Å². The van der Waals surface area contributed by atoms with Crippen LogP contribution in [0.25, 0.3) is 0 Å². The van der Waals surface area contributed by atoms with Gasteiger partial charge in [0.25, 0.3) is 0 Å². The molecule has 1 aliphatic heterocycles. The monoisotopic (exact) mass is 324 g/mol. The van der Waals surface area contributed by atoms with Crippen molar-refractivity contribution in [3.63, 3.8) is 0 Å². The third kappa shape index (κ3) is 2.89. The lowest BCUT2D eigenvalue weighted by molar-refractivity contribution is -0.139. The van der Waals surface area contributed by atoms with Gasteiger partial charge >= 0.3 is 5.97 Å². The molecule has 2 N–H and O–H groups in total. The summed E-state index contributed by atoms with van der Waals surface area (Å²) in [5.41, 5.74) is 6.21. The topological polar surface area (TPSA) is 85.3 Å². The molecular weight excluding hydrogens is 312 g/mol. The molecule has 0 spiro atoms. The van der Waals surface area contributed by atoms with Gasteiger partial charge in [-0.05, 0) is 18.4 Å². The van der Waals surface area contributed by atoms with Crippen LogP contribution < -0.4 is 5.73 Å². The number of rotatable bonds is 4. The van der Waals surface area contributed by atoms with Crippen LogP contribution in [0.15, 0.2) is 40.3 Å². The molecule has 1 atom stereocenters. The Labute approximate surface area is 131 Å². The maximum absolute atomic E-state index is 12.3. The SMILES string of the molecule is CCOC(=O)C1=C(CCl)OC(N)=C(C#N)C1c1cccs1. The molecule has 0 fully saturated rings. The van der Waals surface area contributed by atoms with E-state index in [0.717, 1.165) is 4.88 Å². The molecule has 0 saturated carbocycles. The zero-order chi connectivity index (χ0) is 15.4. The van der Waals surface area contributed by atoms with E-state index in [4.69, 9.17) is 26.8 Å². The van der Waals surface area contributed by atoms with E-state index in [1.165, 1.54) is 11.3 Å². The summed E-state index contributed by atoms with van der Waals surface area (Å²) in [7, 11) is 0. The molecule has 1 aliphatic rings. The molecule has 110 valence electrons. The average molecular weight is 325 g/mol. The van der Waals surface area contributed by atoms with Crippen LogP contribution in [-0.2, 0) is 14.3 Å². The summed E-state index contributed by atoms with van der Waals surface area (Å²) >= 11 is 7.27. The molecule has 0 bridgehead atoms. The van der Waals surface area contributed by atoms with E-state index in [1.54, 1.807) is 6.92 Å². The normalized spacial score (nSPS) is 18.2. The number of thiophene rings is 1. The number of carbonyl (C=O) groups excluding carboxylic acids is 1. The molecule has 21 heavy (non-hydrogen) atoms. The lowest BCUT2D eigenvalue weighted by Gasteiger charge is -2.26. The quantitative estimate of drug-likeness (QED) is 0.679. The molecule has 0 aliphatic carbocycles. The van der Waals surface area contributed by atoms with Crippen molar-refractivity contribution in [2.45, 2.75) is 12.8 Å². The molecule has 0 radical (unpaired) electrons. The third-order valence-electron chi connectivity index (χ3n) is 2.94. The summed E-state index contributed by atoms with van der Waals surface area (Å²) in [5, 5.41) is 11.2. The first kappa shape index (κ1) is 15.4. The number of allylic oxidation sites excluding steroid dienone is 2. The standard InChI is InChI=1S/C14H13ClN2O3S/c1-2-19-14(18)12-9(6-15)20-13(17)8(7-16)11(12)10-4-3-5-21-10/h3-5,11H,2,6,17H2,1H3. The Balaban J connectivity index is 2.59. The minimum atomic E-state index is -0.600. The van der Waals surface area contributed by atoms with Gasteiger partial charge in [0.1, 0.15) is 17.4 Å². The van der Waals surface area contributed by atoms with Gasteiger partial charge in [0, 0.05) is 4.88 Å². The first-order chi connectivity index (χ1) is 10.1. The fourth-order valence-electron chi connectivity index (χ4n) is 2.09. The van der Waals surface area contributed by atoms with Crippen LogP contribution in [0.1, 0.15) is 17.7 Å². The first-order valence-electron chi connectivity index (χ1n) is 6.21. The Morgan fingerprint density at radius 2 is 2.43 bits per heavy atom. The zero-order valence-corrected chi connectivity index (χ0v) is 12.8. The molecule has 2 heterocycles. The van der Waals surface area contributed by atoms with E-state index in [0.29, 0.717) is 0 Å². The molecule has 1 aromatic heterocycles. The van der Waals surface area contributed by atoms with Crippen LogP contribution in [0.4, 0.5) is 0 Å². The van der Waals surface area contributed by atoms with Crippen molar-refractivity contribution in [3.8, 4) is 6.07 Å². The summed E-state index contributed by atoms with van der Waals surface area (Å²) in [5.74, 6) is -0.983. The summed E-state index contributed by atoms with van der Waals surface area (Å²) in [6.07, 6.45) is 0. The fourth-order valence-corrected chi connectivity index (χ4v) is 3.13. The molecule has 0 aromatic carbocycles.